The number of fused-ring (bicyclic) bond motifs is 1. The third-order valence-electron chi connectivity index (χ3n) is 4.29. The quantitative estimate of drug-likeness (QED) is 0.820. The fraction of sp³-hybridized carbons (Fsp3) is 0.316. The van der Waals surface area contributed by atoms with Crippen LogP contribution in [0.4, 0.5) is 11.4 Å². The summed E-state index contributed by atoms with van der Waals surface area (Å²) in [5.74, 6) is 0.459. The number of hydrogen-bond donors (Lipinski definition) is 1. The second-order valence-electron chi connectivity index (χ2n) is 6.31. The zero-order chi connectivity index (χ0) is 19.6. The first-order valence-electron chi connectivity index (χ1n) is 8.57. The molecule has 0 saturated carbocycles. The first kappa shape index (κ1) is 19.0. The van der Waals surface area contributed by atoms with Gasteiger partial charge in [-0.05, 0) is 44.5 Å². The normalized spacial score (nSPS) is 12.7. The van der Waals surface area contributed by atoms with Crippen LogP contribution in [0.3, 0.4) is 0 Å². The van der Waals surface area contributed by atoms with E-state index < -0.39 is 15.9 Å². The van der Waals surface area contributed by atoms with Gasteiger partial charge in [0, 0.05) is 11.8 Å². The first-order valence-corrected chi connectivity index (χ1v) is 10.2. The van der Waals surface area contributed by atoms with Gasteiger partial charge in [0.1, 0.15) is 6.54 Å². The number of nitrogens with zero attached hydrogens (tertiary/aromatic N) is 1. The first-order chi connectivity index (χ1) is 12.8. The van der Waals surface area contributed by atoms with Gasteiger partial charge >= 0.3 is 0 Å². The average molecular weight is 390 g/mol. The van der Waals surface area contributed by atoms with E-state index in [2.05, 4.69) is 5.32 Å². The van der Waals surface area contributed by atoms with E-state index in [4.69, 9.17) is 9.47 Å². The van der Waals surface area contributed by atoms with Gasteiger partial charge < -0.3 is 14.8 Å². The van der Waals surface area contributed by atoms with Crippen LogP contribution in [-0.4, -0.2) is 33.4 Å². The van der Waals surface area contributed by atoms with Crippen molar-refractivity contribution in [1.82, 2.24) is 0 Å². The third-order valence-corrected chi connectivity index (χ3v) is 6.03. The molecule has 0 fully saturated rings. The topological polar surface area (TPSA) is 84.9 Å². The summed E-state index contributed by atoms with van der Waals surface area (Å²) in [4.78, 5) is 12.6. The van der Waals surface area contributed by atoms with Crippen molar-refractivity contribution in [2.45, 2.75) is 20.8 Å². The van der Waals surface area contributed by atoms with Gasteiger partial charge in [-0.3, -0.25) is 9.10 Å². The molecule has 0 saturated heterocycles. The molecule has 0 aliphatic carbocycles. The summed E-state index contributed by atoms with van der Waals surface area (Å²) in [6.07, 6.45) is 0. The molecule has 0 aromatic heterocycles. The van der Waals surface area contributed by atoms with Crippen molar-refractivity contribution < 1.29 is 22.7 Å². The van der Waals surface area contributed by atoms with Crippen LogP contribution in [0.15, 0.2) is 36.4 Å². The minimum absolute atomic E-state index is 0.0898. The Kier molecular flexibility index (Phi) is 5.27. The van der Waals surface area contributed by atoms with Crippen LogP contribution in [-0.2, 0) is 14.8 Å². The van der Waals surface area contributed by atoms with E-state index in [0.717, 1.165) is 15.4 Å². The number of benzene rings is 2. The predicted molar refractivity (Wildman–Crippen MR) is 104 cm³/mol. The molecule has 1 heterocycles. The lowest BCUT2D eigenvalue weighted by atomic mass is 10.1. The summed E-state index contributed by atoms with van der Waals surface area (Å²) in [6.45, 7) is 5.15. The minimum atomic E-state index is -3.66. The van der Waals surface area contributed by atoms with Crippen molar-refractivity contribution >= 4 is 27.3 Å². The van der Waals surface area contributed by atoms with Crippen molar-refractivity contribution in [2.24, 2.45) is 0 Å². The molecule has 27 heavy (non-hydrogen) atoms. The van der Waals surface area contributed by atoms with Gasteiger partial charge in [0.15, 0.2) is 11.5 Å². The Balaban J connectivity index is 1.85. The fourth-order valence-corrected chi connectivity index (χ4v) is 3.88. The SMILES string of the molecule is CCS(=O)(=O)N(CC(=O)Nc1ccc(C)cc1C)c1ccc2c(c1)OCO2. The summed E-state index contributed by atoms with van der Waals surface area (Å²) < 4.78 is 36.8. The molecule has 0 atom stereocenters. The van der Waals surface area contributed by atoms with Crippen molar-refractivity contribution in [1.29, 1.82) is 0 Å². The van der Waals surface area contributed by atoms with E-state index in [1.165, 1.54) is 6.92 Å². The maximum absolute atomic E-state index is 12.6. The summed E-state index contributed by atoms with van der Waals surface area (Å²) in [5, 5.41) is 2.79. The van der Waals surface area contributed by atoms with Crippen molar-refractivity contribution in [3.05, 3.63) is 47.5 Å². The Morgan fingerprint density at radius 3 is 2.56 bits per heavy atom. The lowest BCUT2D eigenvalue weighted by Gasteiger charge is -2.23. The molecule has 8 heteroatoms. The third kappa shape index (κ3) is 4.16. The van der Waals surface area contributed by atoms with E-state index in [9.17, 15) is 13.2 Å². The predicted octanol–water partition coefficient (Wildman–Crippen LogP) is 2.83. The molecule has 7 nitrogen and oxygen atoms in total. The van der Waals surface area contributed by atoms with Gasteiger partial charge in [-0.15, -0.1) is 0 Å². The zero-order valence-corrected chi connectivity index (χ0v) is 16.3. The highest BCUT2D eigenvalue weighted by Gasteiger charge is 2.26. The number of ether oxygens (including phenoxy) is 2. The molecule has 1 aliphatic heterocycles. The Bertz CT molecular complexity index is 972. The smallest absolute Gasteiger partial charge is 0.245 e. The Morgan fingerprint density at radius 2 is 1.85 bits per heavy atom. The van der Waals surface area contributed by atoms with Gasteiger partial charge in [-0.1, -0.05) is 17.7 Å². The molecular formula is C19H22N2O5S. The Morgan fingerprint density at radius 1 is 1.11 bits per heavy atom. The molecular weight excluding hydrogens is 368 g/mol. The highest BCUT2D eigenvalue weighted by atomic mass is 32.2. The van der Waals surface area contributed by atoms with Crippen LogP contribution in [0.1, 0.15) is 18.1 Å². The van der Waals surface area contributed by atoms with Gasteiger partial charge in [-0.25, -0.2) is 8.42 Å². The highest BCUT2D eigenvalue weighted by Crippen LogP contribution is 2.36. The number of anilines is 2. The van der Waals surface area contributed by atoms with Gasteiger partial charge in [0.05, 0.1) is 11.4 Å². The molecule has 1 amide bonds. The molecule has 1 N–H and O–H groups in total. The monoisotopic (exact) mass is 390 g/mol. The van der Waals surface area contributed by atoms with Gasteiger partial charge in [-0.2, -0.15) is 0 Å². The number of hydrogen-bond acceptors (Lipinski definition) is 5. The lowest BCUT2D eigenvalue weighted by molar-refractivity contribution is -0.114. The molecule has 2 aromatic rings. The number of nitrogens with one attached hydrogen (secondary N) is 1. The Labute approximate surface area is 158 Å². The fourth-order valence-electron chi connectivity index (χ4n) is 2.82. The van der Waals surface area contributed by atoms with Crippen LogP contribution < -0.4 is 19.1 Å². The number of amides is 1. The second kappa shape index (κ2) is 7.48. The van der Waals surface area contributed by atoms with Gasteiger partial charge in [0.2, 0.25) is 22.7 Å². The minimum Gasteiger partial charge on any atom is -0.454 e. The molecule has 0 bridgehead atoms. The van der Waals surface area contributed by atoms with Crippen LogP contribution in [0.25, 0.3) is 0 Å². The van der Waals surface area contributed by atoms with Crippen molar-refractivity contribution in [3.8, 4) is 11.5 Å². The van der Waals surface area contributed by atoms with Gasteiger partial charge in [0.25, 0.3) is 0 Å². The lowest BCUT2D eigenvalue weighted by Crippen LogP contribution is -2.39. The molecule has 2 aromatic carbocycles. The molecule has 0 unspecified atom stereocenters. The van der Waals surface area contributed by atoms with E-state index in [0.29, 0.717) is 22.9 Å². The molecule has 3 rings (SSSR count). The van der Waals surface area contributed by atoms with Crippen LogP contribution >= 0.6 is 0 Å². The van der Waals surface area contributed by atoms with E-state index in [1.54, 1.807) is 18.2 Å². The second-order valence-corrected chi connectivity index (χ2v) is 8.49. The summed E-state index contributed by atoms with van der Waals surface area (Å²) in [7, 11) is -3.66. The summed E-state index contributed by atoms with van der Waals surface area (Å²) in [6, 6.07) is 10.5. The number of carbonyl (C=O) groups excluding carboxylic acids is 1. The average Bonchev–Trinajstić information content (AvgIpc) is 3.09. The van der Waals surface area contributed by atoms with E-state index >= 15 is 0 Å². The van der Waals surface area contributed by atoms with Crippen LogP contribution in [0.5, 0.6) is 11.5 Å². The largest absolute Gasteiger partial charge is 0.454 e. The van der Waals surface area contributed by atoms with Crippen LogP contribution in [0.2, 0.25) is 0 Å². The molecule has 144 valence electrons. The summed E-state index contributed by atoms with van der Waals surface area (Å²) >= 11 is 0. The Hall–Kier alpha value is -2.74. The zero-order valence-electron chi connectivity index (χ0n) is 15.5. The van der Waals surface area contributed by atoms with E-state index in [-0.39, 0.29) is 19.1 Å². The summed E-state index contributed by atoms with van der Waals surface area (Å²) in [5.41, 5.74) is 3.01. The maximum atomic E-state index is 12.6. The van der Waals surface area contributed by atoms with Crippen molar-refractivity contribution in [2.75, 3.05) is 28.7 Å². The maximum Gasteiger partial charge on any atom is 0.245 e. The molecule has 0 radical (unpaired) electrons. The number of carbonyl (C=O) groups is 1. The molecule has 1 aliphatic rings. The molecule has 0 spiro atoms. The number of sulfonamides is 1. The van der Waals surface area contributed by atoms with Crippen LogP contribution in [0, 0.1) is 13.8 Å². The standard InChI is InChI=1S/C19H22N2O5S/c1-4-27(23,24)21(15-6-8-17-18(10-15)26-12-25-17)11-19(22)20-16-7-5-13(2)9-14(16)3/h5-10H,4,11-12H2,1-3H3,(H,20,22). The number of aryl methyl sites for hydroxylation is 2. The van der Waals surface area contributed by atoms with E-state index in [1.807, 2.05) is 32.0 Å². The highest BCUT2D eigenvalue weighted by molar-refractivity contribution is 7.92. The number of rotatable bonds is 6. The van der Waals surface area contributed by atoms with Crippen molar-refractivity contribution in [3.63, 3.8) is 0 Å².